The smallest absolute Gasteiger partial charge is 0.290 e. The SMILES string of the molecule is O=c1nc2[nH]ncc2c(N/N=C/c2ccc(F)cc2)[nH]1. The topological polar surface area (TPSA) is 98.8 Å². The van der Waals surface area contributed by atoms with Crippen molar-refractivity contribution in [2.24, 2.45) is 5.10 Å². The highest BCUT2D eigenvalue weighted by atomic mass is 19.1. The van der Waals surface area contributed by atoms with E-state index in [1.807, 2.05) is 0 Å². The van der Waals surface area contributed by atoms with Gasteiger partial charge in [-0.2, -0.15) is 15.2 Å². The largest absolute Gasteiger partial charge is 0.348 e. The summed E-state index contributed by atoms with van der Waals surface area (Å²) in [6.07, 6.45) is 3.03. The molecular weight excluding hydrogens is 263 g/mol. The third-order valence-corrected chi connectivity index (χ3v) is 2.59. The van der Waals surface area contributed by atoms with Crippen LogP contribution in [0.3, 0.4) is 0 Å². The fraction of sp³-hybridized carbons (Fsp3) is 0. The van der Waals surface area contributed by atoms with Gasteiger partial charge < -0.3 is 0 Å². The number of nitrogens with one attached hydrogen (secondary N) is 3. The number of hydrazone groups is 1. The van der Waals surface area contributed by atoms with Crippen LogP contribution in [-0.2, 0) is 0 Å². The second kappa shape index (κ2) is 4.92. The molecule has 0 bridgehead atoms. The summed E-state index contributed by atoms with van der Waals surface area (Å²) in [6.45, 7) is 0. The molecule has 0 saturated carbocycles. The van der Waals surface area contributed by atoms with Gasteiger partial charge in [0.1, 0.15) is 11.6 Å². The molecule has 3 rings (SSSR count). The van der Waals surface area contributed by atoms with E-state index in [1.54, 1.807) is 12.1 Å². The number of rotatable bonds is 3. The Morgan fingerprint density at radius 1 is 1.30 bits per heavy atom. The number of fused-ring (bicyclic) bond motifs is 1. The van der Waals surface area contributed by atoms with E-state index in [-0.39, 0.29) is 5.82 Å². The van der Waals surface area contributed by atoms with Crippen molar-refractivity contribution < 1.29 is 4.39 Å². The monoisotopic (exact) mass is 272 g/mol. The summed E-state index contributed by atoms with van der Waals surface area (Å²) in [5.41, 5.74) is 3.27. The van der Waals surface area contributed by atoms with Crippen LogP contribution < -0.4 is 11.1 Å². The van der Waals surface area contributed by atoms with Crippen molar-refractivity contribution in [1.29, 1.82) is 0 Å². The summed E-state index contributed by atoms with van der Waals surface area (Å²) in [5.74, 6) is 0.0702. The van der Waals surface area contributed by atoms with E-state index in [9.17, 15) is 9.18 Å². The minimum absolute atomic E-state index is 0.311. The Bertz CT molecular complexity index is 820. The molecule has 0 aliphatic rings. The van der Waals surface area contributed by atoms with Crippen LogP contribution in [-0.4, -0.2) is 26.4 Å². The number of aromatic amines is 2. The number of aromatic nitrogens is 4. The third kappa shape index (κ3) is 2.39. The summed E-state index contributed by atoms with van der Waals surface area (Å²) in [5, 5.41) is 11.0. The maximum Gasteiger partial charge on any atom is 0.348 e. The molecule has 2 aromatic heterocycles. The normalized spacial score (nSPS) is 11.2. The molecule has 100 valence electrons. The lowest BCUT2D eigenvalue weighted by atomic mass is 10.2. The lowest BCUT2D eigenvalue weighted by Crippen LogP contribution is -2.12. The standard InChI is InChI=1S/C12H9FN6O/c13-8-3-1-7(2-4-8)5-14-18-10-9-6-15-19-11(9)17-12(20)16-10/h1-6H,(H3,15,16,17,18,19,20)/b14-5+. The first-order chi connectivity index (χ1) is 9.72. The number of benzene rings is 1. The minimum atomic E-state index is -0.513. The first-order valence-electron chi connectivity index (χ1n) is 5.70. The van der Waals surface area contributed by atoms with Gasteiger partial charge in [0.05, 0.1) is 17.8 Å². The summed E-state index contributed by atoms with van der Waals surface area (Å²) in [7, 11) is 0. The van der Waals surface area contributed by atoms with Crippen molar-refractivity contribution in [3.8, 4) is 0 Å². The van der Waals surface area contributed by atoms with Crippen LogP contribution in [0.4, 0.5) is 10.2 Å². The van der Waals surface area contributed by atoms with Gasteiger partial charge in [-0.15, -0.1) is 0 Å². The van der Waals surface area contributed by atoms with E-state index in [4.69, 9.17) is 0 Å². The Morgan fingerprint density at radius 2 is 2.10 bits per heavy atom. The quantitative estimate of drug-likeness (QED) is 0.493. The molecule has 3 aromatic rings. The molecule has 20 heavy (non-hydrogen) atoms. The summed E-state index contributed by atoms with van der Waals surface area (Å²) < 4.78 is 12.7. The van der Waals surface area contributed by atoms with Crippen LogP contribution in [0.15, 0.2) is 40.4 Å². The Morgan fingerprint density at radius 3 is 2.90 bits per heavy atom. The van der Waals surface area contributed by atoms with Crippen molar-refractivity contribution in [2.75, 3.05) is 5.43 Å². The summed E-state index contributed by atoms with van der Waals surface area (Å²) >= 11 is 0. The Hall–Kier alpha value is -3.03. The Balaban J connectivity index is 1.84. The molecule has 0 spiro atoms. The van der Waals surface area contributed by atoms with Crippen LogP contribution in [0.1, 0.15) is 5.56 Å². The number of hydrogen-bond acceptors (Lipinski definition) is 5. The molecule has 8 heteroatoms. The maximum atomic E-state index is 12.7. The molecule has 0 atom stereocenters. The number of hydrogen-bond donors (Lipinski definition) is 3. The van der Waals surface area contributed by atoms with Crippen LogP contribution in [0, 0.1) is 5.82 Å². The number of halogens is 1. The van der Waals surface area contributed by atoms with Gasteiger partial charge in [-0.1, -0.05) is 12.1 Å². The van der Waals surface area contributed by atoms with Crippen LogP contribution >= 0.6 is 0 Å². The maximum absolute atomic E-state index is 12.7. The molecule has 0 radical (unpaired) electrons. The minimum Gasteiger partial charge on any atom is -0.290 e. The van der Waals surface area contributed by atoms with Gasteiger partial charge in [0.2, 0.25) is 0 Å². The van der Waals surface area contributed by atoms with Gasteiger partial charge in [0, 0.05) is 0 Å². The zero-order chi connectivity index (χ0) is 13.9. The molecule has 2 heterocycles. The number of nitrogens with zero attached hydrogens (tertiary/aromatic N) is 3. The summed E-state index contributed by atoms with van der Waals surface area (Å²) in [6, 6.07) is 5.85. The van der Waals surface area contributed by atoms with Crippen molar-refractivity contribution in [1.82, 2.24) is 20.2 Å². The van der Waals surface area contributed by atoms with Crippen molar-refractivity contribution >= 4 is 23.1 Å². The highest BCUT2D eigenvalue weighted by molar-refractivity contribution is 5.86. The lowest BCUT2D eigenvalue weighted by molar-refractivity contribution is 0.628. The van der Waals surface area contributed by atoms with E-state index >= 15 is 0 Å². The van der Waals surface area contributed by atoms with Crippen LogP contribution in [0.2, 0.25) is 0 Å². The van der Waals surface area contributed by atoms with E-state index in [2.05, 4.69) is 30.7 Å². The average Bonchev–Trinajstić information content (AvgIpc) is 2.89. The first kappa shape index (κ1) is 12.0. The van der Waals surface area contributed by atoms with Crippen molar-refractivity contribution in [3.05, 3.63) is 52.3 Å². The highest BCUT2D eigenvalue weighted by Crippen LogP contribution is 2.14. The van der Waals surface area contributed by atoms with Gasteiger partial charge >= 0.3 is 5.69 Å². The third-order valence-electron chi connectivity index (χ3n) is 2.59. The fourth-order valence-electron chi connectivity index (χ4n) is 1.66. The van der Waals surface area contributed by atoms with E-state index in [0.717, 1.165) is 5.56 Å². The van der Waals surface area contributed by atoms with E-state index in [1.165, 1.54) is 24.5 Å². The van der Waals surface area contributed by atoms with Crippen LogP contribution in [0.5, 0.6) is 0 Å². The molecule has 1 aromatic carbocycles. The lowest BCUT2D eigenvalue weighted by Gasteiger charge is -2.00. The Labute approximate surface area is 111 Å². The zero-order valence-corrected chi connectivity index (χ0v) is 10.1. The highest BCUT2D eigenvalue weighted by Gasteiger charge is 2.05. The molecule has 0 unspecified atom stereocenters. The Kier molecular flexibility index (Phi) is 2.96. The second-order valence-electron chi connectivity index (χ2n) is 3.97. The molecule has 0 aliphatic carbocycles. The number of anilines is 1. The van der Waals surface area contributed by atoms with E-state index < -0.39 is 5.69 Å². The molecule has 0 aliphatic heterocycles. The fourth-order valence-corrected chi connectivity index (χ4v) is 1.66. The van der Waals surface area contributed by atoms with Gasteiger partial charge in [0.15, 0.2) is 5.65 Å². The molecule has 0 fully saturated rings. The van der Waals surface area contributed by atoms with Gasteiger partial charge in [-0.25, -0.2) is 9.18 Å². The van der Waals surface area contributed by atoms with Crippen molar-refractivity contribution in [2.45, 2.75) is 0 Å². The second-order valence-corrected chi connectivity index (χ2v) is 3.97. The predicted molar refractivity (Wildman–Crippen MR) is 72.1 cm³/mol. The van der Waals surface area contributed by atoms with E-state index in [0.29, 0.717) is 16.9 Å². The average molecular weight is 272 g/mol. The molecular formula is C12H9FN6O. The van der Waals surface area contributed by atoms with Gasteiger partial charge in [-0.3, -0.25) is 15.5 Å². The van der Waals surface area contributed by atoms with Gasteiger partial charge in [-0.05, 0) is 17.7 Å². The molecule has 0 saturated heterocycles. The first-order valence-corrected chi connectivity index (χ1v) is 5.70. The predicted octanol–water partition coefficient (Wildman–Crippen LogP) is 1.23. The molecule has 3 N–H and O–H groups in total. The molecule has 7 nitrogen and oxygen atoms in total. The summed E-state index contributed by atoms with van der Waals surface area (Å²) in [4.78, 5) is 17.6. The zero-order valence-electron chi connectivity index (χ0n) is 10.1. The number of H-pyrrole nitrogens is 2. The van der Waals surface area contributed by atoms with Gasteiger partial charge in [0.25, 0.3) is 0 Å². The van der Waals surface area contributed by atoms with Crippen molar-refractivity contribution in [3.63, 3.8) is 0 Å². The van der Waals surface area contributed by atoms with Crippen LogP contribution in [0.25, 0.3) is 11.0 Å². The molecule has 0 amide bonds.